The van der Waals surface area contributed by atoms with Crippen LogP contribution in [0.1, 0.15) is 16.2 Å². The highest BCUT2D eigenvalue weighted by molar-refractivity contribution is 5.87. The van der Waals surface area contributed by atoms with E-state index in [1.807, 2.05) is 0 Å². The van der Waals surface area contributed by atoms with Gasteiger partial charge in [-0.15, -0.1) is 5.10 Å². The van der Waals surface area contributed by atoms with E-state index in [2.05, 4.69) is 10.3 Å². The molecular formula is C11H11N3O3. The lowest BCUT2D eigenvalue weighted by Crippen LogP contribution is -2.10. The molecule has 1 aromatic carbocycles. The van der Waals surface area contributed by atoms with E-state index in [4.69, 9.17) is 9.84 Å². The summed E-state index contributed by atoms with van der Waals surface area (Å²) in [7, 11) is 1.52. The first kappa shape index (κ1) is 11.1. The molecule has 0 aliphatic carbocycles. The highest BCUT2D eigenvalue weighted by Gasteiger charge is 2.19. The van der Waals surface area contributed by atoms with Crippen LogP contribution in [0.2, 0.25) is 0 Å². The Kier molecular flexibility index (Phi) is 2.78. The van der Waals surface area contributed by atoms with Gasteiger partial charge < -0.3 is 9.84 Å². The minimum Gasteiger partial charge on any atom is -0.494 e. The number of benzene rings is 1. The largest absolute Gasteiger partial charge is 0.494 e. The molecule has 0 saturated carbocycles. The second-order valence-electron chi connectivity index (χ2n) is 3.41. The molecule has 2 aromatic rings. The van der Waals surface area contributed by atoms with Gasteiger partial charge in [0.05, 0.1) is 12.8 Å². The van der Waals surface area contributed by atoms with Crippen molar-refractivity contribution in [3.8, 4) is 11.4 Å². The number of para-hydroxylation sites is 2. The number of carbonyl (C=O) groups is 1. The first-order valence-electron chi connectivity index (χ1n) is 4.94. The highest BCUT2D eigenvalue weighted by atomic mass is 16.5. The lowest BCUT2D eigenvalue weighted by molar-refractivity contribution is 0.0686. The van der Waals surface area contributed by atoms with E-state index in [9.17, 15) is 4.79 Å². The maximum atomic E-state index is 11.1. The monoisotopic (exact) mass is 233 g/mol. The Hall–Kier alpha value is -2.37. The average molecular weight is 233 g/mol. The summed E-state index contributed by atoms with van der Waals surface area (Å²) in [5, 5.41) is 16.7. The summed E-state index contributed by atoms with van der Waals surface area (Å²) >= 11 is 0. The Morgan fingerprint density at radius 1 is 1.41 bits per heavy atom. The fourth-order valence-electron chi connectivity index (χ4n) is 1.58. The predicted molar refractivity (Wildman–Crippen MR) is 59.6 cm³/mol. The van der Waals surface area contributed by atoms with Crippen LogP contribution in [-0.4, -0.2) is 33.2 Å². The first-order chi connectivity index (χ1) is 8.15. The molecule has 0 radical (unpaired) electrons. The van der Waals surface area contributed by atoms with Crippen LogP contribution in [0.4, 0.5) is 0 Å². The van der Waals surface area contributed by atoms with Crippen LogP contribution in [0.25, 0.3) is 5.69 Å². The molecule has 0 unspecified atom stereocenters. The van der Waals surface area contributed by atoms with Crippen LogP contribution < -0.4 is 4.74 Å². The van der Waals surface area contributed by atoms with Gasteiger partial charge in [-0.25, -0.2) is 9.48 Å². The van der Waals surface area contributed by atoms with Gasteiger partial charge in [-0.05, 0) is 19.1 Å². The van der Waals surface area contributed by atoms with Crippen molar-refractivity contribution in [1.82, 2.24) is 15.0 Å². The number of hydrogen-bond donors (Lipinski definition) is 1. The smallest absolute Gasteiger partial charge is 0.356 e. The maximum Gasteiger partial charge on any atom is 0.356 e. The molecule has 0 aliphatic heterocycles. The molecule has 0 saturated heterocycles. The van der Waals surface area contributed by atoms with Crippen molar-refractivity contribution in [2.75, 3.05) is 7.11 Å². The number of carboxylic acid groups (broad SMARTS) is 1. The third-order valence-corrected chi connectivity index (χ3v) is 2.35. The molecule has 1 heterocycles. The number of aromatic nitrogens is 3. The van der Waals surface area contributed by atoms with Crippen LogP contribution >= 0.6 is 0 Å². The molecule has 0 spiro atoms. The van der Waals surface area contributed by atoms with E-state index >= 15 is 0 Å². The number of nitrogens with zero attached hydrogens (tertiary/aromatic N) is 3. The molecular weight excluding hydrogens is 222 g/mol. The van der Waals surface area contributed by atoms with Crippen molar-refractivity contribution in [3.63, 3.8) is 0 Å². The Balaban J connectivity index is 2.65. The van der Waals surface area contributed by atoms with Crippen LogP contribution in [0.3, 0.4) is 0 Å². The van der Waals surface area contributed by atoms with E-state index in [0.29, 0.717) is 17.1 Å². The van der Waals surface area contributed by atoms with Crippen LogP contribution in [0, 0.1) is 6.92 Å². The number of methoxy groups -OCH3 is 1. The van der Waals surface area contributed by atoms with E-state index in [1.165, 1.54) is 11.8 Å². The molecule has 6 nitrogen and oxygen atoms in total. The summed E-state index contributed by atoms with van der Waals surface area (Å²) in [6.45, 7) is 1.60. The van der Waals surface area contributed by atoms with E-state index in [-0.39, 0.29) is 5.69 Å². The lowest BCUT2D eigenvalue weighted by Gasteiger charge is -2.08. The zero-order chi connectivity index (χ0) is 12.4. The summed E-state index contributed by atoms with van der Waals surface area (Å²) in [5.74, 6) is -0.529. The van der Waals surface area contributed by atoms with Gasteiger partial charge >= 0.3 is 5.97 Å². The van der Waals surface area contributed by atoms with Crippen molar-refractivity contribution < 1.29 is 14.6 Å². The summed E-state index contributed by atoms with van der Waals surface area (Å²) in [6.07, 6.45) is 0. The standard InChI is InChI=1S/C11H11N3O3/c1-7-10(11(15)16)14(13-12-7)8-5-3-4-6-9(8)17-2/h3-6H,1-2H3,(H,15,16). The van der Waals surface area contributed by atoms with Crippen molar-refractivity contribution in [2.45, 2.75) is 6.92 Å². The van der Waals surface area contributed by atoms with Gasteiger partial charge in [0.2, 0.25) is 0 Å². The Morgan fingerprint density at radius 3 is 2.76 bits per heavy atom. The van der Waals surface area contributed by atoms with Gasteiger partial charge in [0, 0.05) is 0 Å². The predicted octanol–water partition coefficient (Wildman–Crippen LogP) is 1.28. The van der Waals surface area contributed by atoms with Crippen LogP contribution in [0.15, 0.2) is 24.3 Å². The number of hydrogen-bond acceptors (Lipinski definition) is 4. The second kappa shape index (κ2) is 4.25. The van der Waals surface area contributed by atoms with Gasteiger partial charge in [0.25, 0.3) is 0 Å². The van der Waals surface area contributed by atoms with Gasteiger partial charge in [0.1, 0.15) is 11.4 Å². The molecule has 2 rings (SSSR count). The normalized spacial score (nSPS) is 10.2. The quantitative estimate of drug-likeness (QED) is 0.864. The van der Waals surface area contributed by atoms with E-state index in [0.717, 1.165) is 0 Å². The number of aromatic carboxylic acids is 1. The number of rotatable bonds is 3. The molecule has 0 fully saturated rings. The van der Waals surface area contributed by atoms with Gasteiger partial charge in [0.15, 0.2) is 5.69 Å². The first-order valence-corrected chi connectivity index (χ1v) is 4.94. The molecule has 0 bridgehead atoms. The number of aryl methyl sites for hydroxylation is 1. The molecule has 0 amide bonds. The minimum atomic E-state index is -1.07. The van der Waals surface area contributed by atoms with E-state index in [1.54, 1.807) is 31.2 Å². The third kappa shape index (κ3) is 1.84. The molecule has 1 aromatic heterocycles. The van der Waals surface area contributed by atoms with Gasteiger partial charge in [-0.1, -0.05) is 17.3 Å². The second-order valence-corrected chi connectivity index (χ2v) is 3.41. The van der Waals surface area contributed by atoms with Gasteiger partial charge in [-0.2, -0.15) is 0 Å². The Morgan fingerprint density at radius 2 is 2.12 bits per heavy atom. The van der Waals surface area contributed by atoms with Crippen molar-refractivity contribution in [3.05, 3.63) is 35.7 Å². The molecule has 1 N–H and O–H groups in total. The van der Waals surface area contributed by atoms with Crippen LogP contribution in [0.5, 0.6) is 5.75 Å². The summed E-state index contributed by atoms with van der Waals surface area (Å²) in [5.41, 5.74) is 0.950. The molecule has 0 aliphatic rings. The third-order valence-electron chi connectivity index (χ3n) is 2.35. The number of ether oxygens (including phenoxy) is 1. The summed E-state index contributed by atoms with van der Waals surface area (Å²) in [6, 6.07) is 7.03. The minimum absolute atomic E-state index is 0.0366. The lowest BCUT2D eigenvalue weighted by atomic mass is 10.2. The molecule has 88 valence electrons. The molecule has 0 atom stereocenters. The van der Waals surface area contributed by atoms with Crippen molar-refractivity contribution >= 4 is 5.97 Å². The SMILES string of the molecule is COc1ccccc1-n1nnc(C)c1C(=O)O. The molecule has 6 heteroatoms. The highest BCUT2D eigenvalue weighted by Crippen LogP contribution is 2.23. The Bertz CT molecular complexity index is 563. The fraction of sp³-hybridized carbons (Fsp3) is 0.182. The zero-order valence-electron chi connectivity index (χ0n) is 9.41. The van der Waals surface area contributed by atoms with E-state index < -0.39 is 5.97 Å². The van der Waals surface area contributed by atoms with Crippen LogP contribution in [-0.2, 0) is 0 Å². The average Bonchev–Trinajstić information content (AvgIpc) is 2.71. The van der Waals surface area contributed by atoms with Crippen molar-refractivity contribution in [1.29, 1.82) is 0 Å². The summed E-state index contributed by atoms with van der Waals surface area (Å²) in [4.78, 5) is 11.1. The maximum absolute atomic E-state index is 11.1. The zero-order valence-corrected chi connectivity index (χ0v) is 9.41. The molecule has 17 heavy (non-hydrogen) atoms. The number of carboxylic acids is 1. The fourth-order valence-corrected chi connectivity index (χ4v) is 1.58. The van der Waals surface area contributed by atoms with Gasteiger partial charge in [-0.3, -0.25) is 0 Å². The summed E-state index contributed by atoms with van der Waals surface area (Å²) < 4.78 is 6.42. The topological polar surface area (TPSA) is 77.2 Å². The Labute approximate surface area is 97.4 Å². The van der Waals surface area contributed by atoms with Crippen molar-refractivity contribution in [2.24, 2.45) is 0 Å².